The highest BCUT2D eigenvalue weighted by molar-refractivity contribution is 5.82. The van der Waals surface area contributed by atoms with Crippen molar-refractivity contribution in [3.63, 3.8) is 0 Å². The second kappa shape index (κ2) is 6.12. The zero-order chi connectivity index (χ0) is 15.5. The van der Waals surface area contributed by atoms with Crippen LogP contribution in [0.15, 0.2) is 57.7 Å². The molecule has 0 aliphatic rings. The fourth-order valence-corrected chi connectivity index (χ4v) is 2.54. The molecule has 0 aliphatic heterocycles. The van der Waals surface area contributed by atoms with Gasteiger partial charge in [-0.3, -0.25) is 4.79 Å². The normalized spacial score (nSPS) is 11.0. The summed E-state index contributed by atoms with van der Waals surface area (Å²) in [6.45, 7) is -0.000865. The molecule has 4 heteroatoms. The highest BCUT2D eigenvalue weighted by Crippen LogP contribution is 2.26. The Labute approximate surface area is 126 Å². The van der Waals surface area contributed by atoms with Gasteiger partial charge in [0.2, 0.25) is 5.43 Å². The summed E-state index contributed by atoms with van der Waals surface area (Å²) in [6, 6.07) is 12.9. The maximum Gasteiger partial charge on any atom is 0.200 e. The predicted molar refractivity (Wildman–Crippen MR) is 83.3 cm³/mol. The van der Waals surface area contributed by atoms with Crippen LogP contribution in [0, 0.1) is 5.82 Å². The van der Waals surface area contributed by atoms with E-state index in [2.05, 4.69) is 0 Å². The summed E-state index contributed by atoms with van der Waals surface area (Å²) in [5.41, 5.74) is 1.18. The molecule has 2 aromatic carbocycles. The van der Waals surface area contributed by atoms with Crippen molar-refractivity contribution < 1.29 is 13.9 Å². The van der Waals surface area contributed by atoms with Gasteiger partial charge in [-0.2, -0.15) is 0 Å². The van der Waals surface area contributed by atoms with Crippen molar-refractivity contribution in [3.8, 4) is 11.1 Å². The van der Waals surface area contributed by atoms with Gasteiger partial charge in [0.1, 0.15) is 17.2 Å². The van der Waals surface area contributed by atoms with Crippen molar-refractivity contribution in [2.75, 3.05) is 6.61 Å². The van der Waals surface area contributed by atoms with Crippen molar-refractivity contribution >= 4 is 11.0 Å². The van der Waals surface area contributed by atoms with Gasteiger partial charge in [-0.25, -0.2) is 4.39 Å². The minimum absolute atomic E-state index is 0.000865. The van der Waals surface area contributed by atoms with Crippen LogP contribution in [-0.2, 0) is 6.42 Å². The minimum atomic E-state index is -0.404. The Morgan fingerprint density at radius 2 is 1.91 bits per heavy atom. The summed E-state index contributed by atoms with van der Waals surface area (Å²) in [7, 11) is 0. The SMILES string of the molecule is O=c1c(-c2cccc(F)c2)c(CCCO)oc2ccccc12. The smallest absolute Gasteiger partial charge is 0.200 e. The van der Waals surface area contributed by atoms with Gasteiger partial charge in [0.05, 0.1) is 10.9 Å². The van der Waals surface area contributed by atoms with Crippen LogP contribution in [0.1, 0.15) is 12.2 Å². The molecule has 3 nitrogen and oxygen atoms in total. The van der Waals surface area contributed by atoms with Gasteiger partial charge >= 0.3 is 0 Å². The molecule has 1 N–H and O–H groups in total. The number of rotatable bonds is 4. The van der Waals surface area contributed by atoms with Crippen LogP contribution in [0.3, 0.4) is 0 Å². The molecule has 0 atom stereocenters. The fourth-order valence-electron chi connectivity index (χ4n) is 2.54. The van der Waals surface area contributed by atoms with Crippen molar-refractivity contribution in [2.24, 2.45) is 0 Å². The topological polar surface area (TPSA) is 50.4 Å². The summed E-state index contributed by atoms with van der Waals surface area (Å²) in [4.78, 5) is 12.8. The molecule has 0 saturated carbocycles. The van der Waals surface area contributed by atoms with Gasteiger partial charge in [-0.05, 0) is 36.2 Å². The van der Waals surface area contributed by atoms with Crippen molar-refractivity contribution in [1.29, 1.82) is 0 Å². The average Bonchev–Trinajstić information content (AvgIpc) is 2.53. The quantitative estimate of drug-likeness (QED) is 0.801. The zero-order valence-corrected chi connectivity index (χ0v) is 11.9. The Hall–Kier alpha value is -2.46. The number of hydrogen-bond donors (Lipinski definition) is 1. The van der Waals surface area contributed by atoms with Crippen molar-refractivity contribution in [2.45, 2.75) is 12.8 Å². The second-order valence-corrected chi connectivity index (χ2v) is 5.06. The molecule has 1 aromatic heterocycles. The molecule has 0 fully saturated rings. The molecule has 0 aliphatic carbocycles. The van der Waals surface area contributed by atoms with Gasteiger partial charge in [0.25, 0.3) is 0 Å². The predicted octanol–water partition coefficient (Wildman–Crippen LogP) is 3.52. The molecular formula is C18H15FO3. The average molecular weight is 298 g/mol. The molecule has 1 heterocycles. The maximum atomic E-state index is 13.5. The first kappa shape index (κ1) is 14.5. The highest BCUT2D eigenvalue weighted by Gasteiger charge is 2.16. The molecule has 0 radical (unpaired) electrons. The van der Waals surface area contributed by atoms with E-state index in [1.807, 2.05) is 0 Å². The first-order valence-corrected chi connectivity index (χ1v) is 7.12. The third-order valence-electron chi connectivity index (χ3n) is 3.55. The van der Waals surface area contributed by atoms with E-state index in [0.717, 1.165) is 0 Å². The number of benzene rings is 2. The number of hydrogen-bond acceptors (Lipinski definition) is 3. The summed E-state index contributed by atoms with van der Waals surface area (Å²) in [5.74, 6) is 0.0708. The summed E-state index contributed by atoms with van der Waals surface area (Å²) >= 11 is 0. The fraction of sp³-hybridized carbons (Fsp3) is 0.167. The van der Waals surface area contributed by atoms with E-state index in [9.17, 15) is 9.18 Å². The number of halogens is 1. The van der Waals surface area contributed by atoms with Crippen LogP contribution >= 0.6 is 0 Å². The van der Waals surface area contributed by atoms with Gasteiger partial charge in [0.15, 0.2) is 0 Å². The van der Waals surface area contributed by atoms with E-state index in [1.54, 1.807) is 36.4 Å². The van der Waals surface area contributed by atoms with E-state index in [0.29, 0.717) is 40.7 Å². The molecule has 112 valence electrons. The monoisotopic (exact) mass is 298 g/mol. The molecule has 0 spiro atoms. The van der Waals surface area contributed by atoms with Crippen LogP contribution in [0.2, 0.25) is 0 Å². The van der Waals surface area contributed by atoms with Crippen molar-refractivity contribution in [3.05, 3.63) is 70.3 Å². The van der Waals surface area contributed by atoms with Gasteiger partial charge in [-0.15, -0.1) is 0 Å². The van der Waals surface area contributed by atoms with Crippen LogP contribution in [0.25, 0.3) is 22.1 Å². The Kier molecular flexibility index (Phi) is 4.02. The number of aryl methyl sites for hydroxylation is 1. The van der Waals surface area contributed by atoms with Crippen LogP contribution in [0.4, 0.5) is 4.39 Å². The van der Waals surface area contributed by atoms with Crippen LogP contribution in [0.5, 0.6) is 0 Å². The standard InChI is InChI=1S/C18H15FO3/c19-13-6-3-5-12(11-13)17-16(9-4-10-20)22-15-8-2-1-7-14(15)18(17)21/h1-3,5-8,11,20H,4,9-10H2. The Balaban J connectivity index is 2.29. The third kappa shape index (κ3) is 2.65. The zero-order valence-electron chi connectivity index (χ0n) is 11.9. The molecule has 3 aromatic rings. The molecule has 0 amide bonds. The maximum absolute atomic E-state index is 13.5. The van der Waals surface area contributed by atoms with E-state index in [1.165, 1.54) is 12.1 Å². The minimum Gasteiger partial charge on any atom is -0.460 e. The summed E-state index contributed by atoms with van der Waals surface area (Å²) < 4.78 is 19.3. The second-order valence-electron chi connectivity index (χ2n) is 5.06. The van der Waals surface area contributed by atoms with Crippen LogP contribution < -0.4 is 5.43 Å². The van der Waals surface area contributed by atoms with E-state index < -0.39 is 5.82 Å². The Bertz CT molecular complexity index is 868. The molecule has 0 bridgehead atoms. The molecular weight excluding hydrogens is 283 g/mol. The Morgan fingerprint density at radius 3 is 2.68 bits per heavy atom. The van der Waals surface area contributed by atoms with Crippen molar-refractivity contribution in [1.82, 2.24) is 0 Å². The number of aliphatic hydroxyl groups excluding tert-OH is 1. The van der Waals surface area contributed by atoms with Gasteiger partial charge < -0.3 is 9.52 Å². The van der Waals surface area contributed by atoms with Gasteiger partial charge in [-0.1, -0.05) is 24.3 Å². The number of fused-ring (bicyclic) bond motifs is 1. The highest BCUT2D eigenvalue weighted by atomic mass is 19.1. The summed E-state index contributed by atoms with van der Waals surface area (Å²) in [5, 5.41) is 9.50. The number of aliphatic hydroxyl groups is 1. The van der Waals surface area contributed by atoms with E-state index in [-0.39, 0.29) is 12.0 Å². The van der Waals surface area contributed by atoms with Gasteiger partial charge in [0, 0.05) is 13.0 Å². The van der Waals surface area contributed by atoms with E-state index >= 15 is 0 Å². The lowest BCUT2D eigenvalue weighted by molar-refractivity contribution is 0.284. The largest absolute Gasteiger partial charge is 0.460 e. The first-order chi connectivity index (χ1) is 10.7. The molecule has 22 heavy (non-hydrogen) atoms. The van der Waals surface area contributed by atoms with Crippen LogP contribution in [-0.4, -0.2) is 11.7 Å². The lowest BCUT2D eigenvalue weighted by Crippen LogP contribution is -2.09. The molecule has 0 saturated heterocycles. The lowest BCUT2D eigenvalue weighted by atomic mass is 10.00. The molecule has 0 unspecified atom stereocenters. The summed E-state index contributed by atoms with van der Waals surface area (Å²) in [6.07, 6.45) is 0.895. The first-order valence-electron chi connectivity index (χ1n) is 7.12. The molecule has 3 rings (SSSR count). The van der Waals surface area contributed by atoms with E-state index in [4.69, 9.17) is 9.52 Å². The third-order valence-corrected chi connectivity index (χ3v) is 3.55. The lowest BCUT2D eigenvalue weighted by Gasteiger charge is -2.10. The number of para-hydroxylation sites is 1. The Morgan fingerprint density at radius 1 is 1.09 bits per heavy atom.